The Balaban J connectivity index is 3.52. The lowest BCUT2D eigenvalue weighted by molar-refractivity contribution is -0.138. The summed E-state index contributed by atoms with van der Waals surface area (Å²) >= 11 is 0. The van der Waals surface area contributed by atoms with Gasteiger partial charge in [-0.3, -0.25) is 9.59 Å². The van der Waals surface area contributed by atoms with Crippen LogP contribution in [-0.4, -0.2) is 29.4 Å². The van der Waals surface area contributed by atoms with Gasteiger partial charge in [-0.05, 0) is 19.4 Å². The molecule has 0 saturated carbocycles. The zero-order valence-electron chi connectivity index (χ0n) is 7.53. The molecule has 5 nitrogen and oxygen atoms in total. The number of ketones is 1. The fourth-order valence-corrected chi connectivity index (χ4v) is 0.864. The van der Waals surface area contributed by atoms with Crippen molar-refractivity contribution < 1.29 is 14.7 Å². The number of carboxylic acids is 1. The first-order valence-corrected chi connectivity index (χ1v) is 4.28. The number of Topliss-reactive ketones (excluding diaryl/α,β-unsaturated/α-hetero) is 1. The van der Waals surface area contributed by atoms with Crippen molar-refractivity contribution in [1.82, 2.24) is 0 Å². The third-order valence-corrected chi connectivity index (χ3v) is 1.71. The van der Waals surface area contributed by atoms with E-state index < -0.39 is 12.0 Å². The van der Waals surface area contributed by atoms with Crippen LogP contribution in [0.4, 0.5) is 0 Å². The predicted molar refractivity (Wildman–Crippen MR) is 48.1 cm³/mol. The minimum Gasteiger partial charge on any atom is -0.480 e. The van der Waals surface area contributed by atoms with Crippen LogP contribution in [-0.2, 0) is 9.59 Å². The van der Waals surface area contributed by atoms with E-state index >= 15 is 0 Å². The van der Waals surface area contributed by atoms with Gasteiger partial charge in [0, 0.05) is 12.8 Å². The van der Waals surface area contributed by atoms with Crippen molar-refractivity contribution in [3.63, 3.8) is 0 Å². The standard InChI is InChI=1S/C8H16N2O3/c9-5-1-2-6(11)3-4-7(10)8(12)13/h7H,1-5,9-10H2,(H,12,13). The van der Waals surface area contributed by atoms with E-state index in [1.54, 1.807) is 0 Å². The lowest BCUT2D eigenvalue weighted by Crippen LogP contribution is -2.30. The van der Waals surface area contributed by atoms with Crippen molar-refractivity contribution in [2.24, 2.45) is 11.5 Å². The van der Waals surface area contributed by atoms with E-state index in [9.17, 15) is 9.59 Å². The highest BCUT2D eigenvalue weighted by Gasteiger charge is 2.12. The van der Waals surface area contributed by atoms with Crippen LogP contribution in [0.2, 0.25) is 0 Å². The number of carbonyl (C=O) groups excluding carboxylic acids is 1. The molecular weight excluding hydrogens is 172 g/mol. The molecule has 0 rings (SSSR count). The largest absolute Gasteiger partial charge is 0.480 e. The van der Waals surface area contributed by atoms with Gasteiger partial charge in [0.15, 0.2) is 0 Å². The molecule has 1 unspecified atom stereocenters. The molecular formula is C8H16N2O3. The Hall–Kier alpha value is -0.940. The van der Waals surface area contributed by atoms with Gasteiger partial charge >= 0.3 is 5.97 Å². The Morgan fingerprint density at radius 1 is 1.31 bits per heavy atom. The quantitative estimate of drug-likeness (QED) is 0.498. The fourth-order valence-electron chi connectivity index (χ4n) is 0.864. The first-order valence-electron chi connectivity index (χ1n) is 4.28. The molecule has 0 spiro atoms. The lowest BCUT2D eigenvalue weighted by Gasteiger charge is -2.04. The SMILES string of the molecule is NCCCC(=O)CCC(N)C(=O)O. The van der Waals surface area contributed by atoms with E-state index in [1.807, 2.05) is 0 Å². The van der Waals surface area contributed by atoms with Crippen LogP contribution in [0.5, 0.6) is 0 Å². The van der Waals surface area contributed by atoms with Gasteiger partial charge in [-0.1, -0.05) is 0 Å². The molecule has 0 aromatic rings. The van der Waals surface area contributed by atoms with Gasteiger partial charge in [0.25, 0.3) is 0 Å². The van der Waals surface area contributed by atoms with E-state index in [1.165, 1.54) is 0 Å². The molecule has 0 radical (unpaired) electrons. The lowest BCUT2D eigenvalue weighted by atomic mass is 10.1. The van der Waals surface area contributed by atoms with Crippen LogP contribution in [0.15, 0.2) is 0 Å². The van der Waals surface area contributed by atoms with Crippen molar-refractivity contribution >= 4 is 11.8 Å². The minimum absolute atomic E-state index is 0.0298. The molecule has 0 aliphatic heterocycles. The number of nitrogens with two attached hydrogens (primary N) is 2. The zero-order chi connectivity index (χ0) is 10.3. The van der Waals surface area contributed by atoms with Gasteiger partial charge in [-0.15, -0.1) is 0 Å². The maximum atomic E-state index is 11.0. The summed E-state index contributed by atoms with van der Waals surface area (Å²) in [6.45, 7) is 0.483. The second-order valence-corrected chi connectivity index (χ2v) is 2.91. The maximum Gasteiger partial charge on any atom is 0.320 e. The molecule has 0 amide bonds. The molecule has 0 saturated heterocycles. The third-order valence-electron chi connectivity index (χ3n) is 1.71. The van der Waals surface area contributed by atoms with Gasteiger partial charge in [0.1, 0.15) is 11.8 Å². The van der Waals surface area contributed by atoms with Gasteiger partial charge < -0.3 is 16.6 Å². The number of carbonyl (C=O) groups is 2. The van der Waals surface area contributed by atoms with Crippen LogP contribution in [0.25, 0.3) is 0 Å². The fraction of sp³-hybridized carbons (Fsp3) is 0.750. The molecule has 0 aromatic carbocycles. The van der Waals surface area contributed by atoms with Gasteiger partial charge in [0.05, 0.1) is 0 Å². The van der Waals surface area contributed by atoms with Crippen molar-refractivity contribution in [2.75, 3.05) is 6.54 Å². The monoisotopic (exact) mass is 188 g/mol. The second-order valence-electron chi connectivity index (χ2n) is 2.91. The first kappa shape index (κ1) is 12.1. The van der Waals surface area contributed by atoms with Crippen molar-refractivity contribution in [3.8, 4) is 0 Å². The topological polar surface area (TPSA) is 106 Å². The van der Waals surface area contributed by atoms with Crippen LogP contribution in [0.1, 0.15) is 25.7 Å². The van der Waals surface area contributed by atoms with E-state index in [0.717, 1.165) is 0 Å². The Labute approximate surface area is 77.1 Å². The average Bonchev–Trinajstić information content (AvgIpc) is 2.10. The Bertz CT molecular complexity index is 182. The summed E-state index contributed by atoms with van der Waals surface area (Å²) in [5, 5.41) is 8.41. The van der Waals surface area contributed by atoms with Crippen molar-refractivity contribution in [3.05, 3.63) is 0 Å². The highest BCUT2D eigenvalue weighted by Crippen LogP contribution is 2.00. The summed E-state index contributed by atoms with van der Waals surface area (Å²) in [5.74, 6) is -1.03. The predicted octanol–water partition coefficient (Wildman–Crippen LogP) is -0.513. The molecule has 76 valence electrons. The van der Waals surface area contributed by atoms with Gasteiger partial charge in [0.2, 0.25) is 0 Å². The van der Waals surface area contributed by atoms with Crippen LogP contribution >= 0.6 is 0 Å². The molecule has 5 N–H and O–H groups in total. The van der Waals surface area contributed by atoms with Crippen LogP contribution in [0.3, 0.4) is 0 Å². The van der Waals surface area contributed by atoms with Gasteiger partial charge in [-0.2, -0.15) is 0 Å². The Kier molecular flexibility index (Phi) is 6.09. The number of carboxylic acid groups (broad SMARTS) is 1. The summed E-state index contributed by atoms with van der Waals surface area (Å²) in [4.78, 5) is 21.3. The molecule has 0 aliphatic rings. The number of hydrogen-bond donors (Lipinski definition) is 3. The number of aliphatic carboxylic acids is 1. The summed E-state index contributed by atoms with van der Waals surface area (Å²) in [7, 11) is 0. The van der Waals surface area contributed by atoms with E-state index in [4.69, 9.17) is 16.6 Å². The van der Waals surface area contributed by atoms with Crippen LogP contribution < -0.4 is 11.5 Å². The van der Waals surface area contributed by atoms with Crippen LogP contribution in [0, 0.1) is 0 Å². The minimum atomic E-state index is -1.06. The maximum absolute atomic E-state index is 11.0. The van der Waals surface area contributed by atoms with Crippen molar-refractivity contribution in [2.45, 2.75) is 31.7 Å². The zero-order valence-corrected chi connectivity index (χ0v) is 7.53. The smallest absolute Gasteiger partial charge is 0.320 e. The molecule has 0 aromatic heterocycles. The molecule has 13 heavy (non-hydrogen) atoms. The average molecular weight is 188 g/mol. The normalized spacial score (nSPS) is 12.5. The molecule has 1 atom stereocenters. The molecule has 0 aliphatic carbocycles. The highest BCUT2D eigenvalue weighted by atomic mass is 16.4. The number of hydrogen-bond acceptors (Lipinski definition) is 4. The Morgan fingerprint density at radius 2 is 1.92 bits per heavy atom. The Morgan fingerprint density at radius 3 is 2.38 bits per heavy atom. The summed E-state index contributed by atoms with van der Waals surface area (Å²) < 4.78 is 0. The van der Waals surface area contributed by atoms with E-state index in [-0.39, 0.29) is 18.6 Å². The van der Waals surface area contributed by atoms with E-state index in [2.05, 4.69) is 0 Å². The highest BCUT2D eigenvalue weighted by molar-refractivity contribution is 5.80. The summed E-state index contributed by atoms with van der Waals surface area (Å²) in [5.41, 5.74) is 10.4. The number of rotatable bonds is 7. The summed E-state index contributed by atoms with van der Waals surface area (Å²) in [6, 6.07) is -0.929. The molecule has 0 heterocycles. The summed E-state index contributed by atoms with van der Waals surface area (Å²) in [6.07, 6.45) is 1.51. The van der Waals surface area contributed by atoms with E-state index in [0.29, 0.717) is 19.4 Å². The van der Waals surface area contributed by atoms with Gasteiger partial charge in [-0.25, -0.2) is 0 Å². The first-order chi connectivity index (χ1) is 6.07. The molecule has 0 bridgehead atoms. The second kappa shape index (κ2) is 6.56. The van der Waals surface area contributed by atoms with Crippen molar-refractivity contribution in [1.29, 1.82) is 0 Å². The molecule has 0 fully saturated rings. The third kappa shape index (κ3) is 6.24. The molecule has 5 heteroatoms.